The molecule has 40 heavy (non-hydrogen) atoms. The highest BCUT2D eigenvalue weighted by atomic mass is 35.5. The fourth-order valence-corrected chi connectivity index (χ4v) is 4.43. The molecule has 6 nitrogen and oxygen atoms in total. The second-order valence-electron chi connectivity index (χ2n) is 11.9. The van der Waals surface area contributed by atoms with Gasteiger partial charge in [-0.1, -0.05) is 83.5 Å². The predicted molar refractivity (Wildman–Crippen MR) is 163 cm³/mol. The van der Waals surface area contributed by atoms with E-state index in [4.69, 9.17) is 21.1 Å². The van der Waals surface area contributed by atoms with E-state index < -0.39 is 0 Å². The Morgan fingerprint density at radius 3 is 2.20 bits per heavy atom. The normalized spacial score (nSPS) is 12.0. The van der Waals surface area contributed by atoms with Crippen LogP contribution in [-0.4, -0.2) is 23.8 Å². The van der Waals surface area contributed by atoms with E-state index >= 15 is 0 Å². The van der Waals surface area contributed by atoms with E-state index in [0.717, 1.165) is 27.8 Å². The maximum Gasteiger partial charge on any atom is 0.240 e. The Balaban J connectivity index is 1.64. The number of hydrogen-bond acceptors (Lipinski definition) is 5. The third-order valence-electron chi connectivity index (χ3n) is 6.44. The molecule has 0 heterocycles. The third kappa shape index (κ3) is 8.49. The lowest BCUT2D eigenvalue weighted by molar-refractivity contribution is -0.121. The summed E-state index contributed by atoms with van der Waals surface area (Å²) in [4.78, 5) is 12.6. The number of benzene rings is 3. The molecule has 0 saturated heterocycles. The Labute approximate surface area is 243 Å². The number of nitrogens with zero attached hydrogens (tertiary/aromatic N) is 1. The summed E-state index contributed by atoms with van der Waals surface area (Å²) in [5.41, 5.74) is 6.61. The standard InChI is InChI=1S/C33H41ClN2O4/c1-8-39-29-19-23(13-15-28(29)40-21-24-11-9-10-12-27(24)34)20-35-36-30(37)16-14-22-17-25(32(2,3)4)31(38)26(18-22)33(5,6)7/h9-13,15,17-20,38H,8,14,16,21H2,1-7H3,(H,36,37)/b35-20-. The van der Waals surface area contributed by atoms with Crippen LogP contribution >= 0.6 is 11.6 Å². The number of phenols is 1. The number of aryl methyl sites for hydroxylation is 1. The molecule has 0 radical (unpaired) electrons. The van der Waals surface area contributed by atoms with Crippen molar-refractivity contribution in [2.75, 3.05) is 6.61 Å². The smallest absolute Gasteiger partial charge is 0.240 e. The van der Waals surface area contributed by atoms with Gasteiger partial charge in [-0.25, -0.2) is 5.43 Å². The number of amides is 1. The van der Waals surface area contributed by atoms with Crippen molar-refractivity contribution in [2.45, 2.75) is 78.7 Å². The van der Waals surface area contributed by atoms with Gasteiger partial charge in [0.2, 0.25) is 5.91 Å². The molecule has 3 aromatic rings. The first kappa shape index (κ1) is 31.0. The summed E-state index contributed by atoms with van der Waals surface area (Å²) < 4.78 is 11.7. The molecule has 214 valence electrons. The molecule has 3 rings (SSSR count). The average Bonchev–Trinajstić information content (AvgIpc) is 2.87. The van der Waals surface area contributed by atoms with Crippen LogP contribution in [0.3, 0.4) is 0 Å². The number of rotatable bonds is 10. The zero-order chi connectivity index (χ0) is 29.5. The molecule has 1 amide bonds. The minimum atomic E-state index is -0.220. The van der Waals surface area contributed by atoms with E-state index in [1.165, 1.54) is 0 Å². The monoisotopic (exact) mass is 564 g/mol. The topological polar surface area (TPSA) is 80.2 Å². The van der Waals surface area contributed by atoms with Crippen molar-refractivity contribution in [3.05, 3.63) is 87.4 Å². The average molecular weight is 565 g/mol. The minimum Gasteiger partial charge on any atom is -0.507 e. The largest absolute Gasteiger partial charge is 0.507 e. The number of aromatic hydroxyl groups is 1. The van der Waals surface area contributed by atoms with Gasteiger partial charge in [-0.2, -0.15) is 5.10 Å². The Hall–Kier alpha value is -3.51. The van der Waals surface area contributed by atoms with Crippen LogP contribution in [0.15, 0.2) is 59.7 Å². The van der Waals surface area contributed by atoms with Crippen LogP contribution in [0, 0.1) is 0 Å². The number of nitrogens with one attached hydrogen (secondary N) is 1. The Morgan fingerprint density at radius 2 is 1.60 bits per heavy atom. The second kappa shape index (κ2) is 13.2. The molecule has 0 aliphatic rings. The molecule has 2 N–H and O–H groups in total. The molecule has 3 aromatic carbocycles. The Morgan fingerprint density at radius 1 is 0.950 bits per heavy atom. The maximum atomic E-state index is 12.6. The van der Waals surface area contributed by atoms with Crippen LogP contribution in [-0.2, 0) is 28.7 Å². The van der Waals surface area contributed by atoms with E-state index in [-0.39, 0.29) is 23.2 Å². The molecule has 0 fully saturated rings. The van der Waals surface area contributed by atoms with Crippen molar-refractivity contribution in [1.82, 2.24) is 5.43 Å². The second-order valence-corrected chi connectivity index (χ2v) is 12.3. The van der Waals surface area contributed by atoms with Gasteiger partial charge in [-0.05, 0) is 70.7 Å². The summed E-state index contributed by atoms with van der Waals surface area (Å²) in [7, 11) is 0. The molecule has 7 heteroatoms. The Kier molecular flexibility index (Phi) is 10.3. The van der Waals surface area contributed by atoms with Crippen LogP contribution in [0.4, 0.5) is 0 Å². The fourth-order valence-electron chi connectivity index (χ4n) is 4.24. The first-order chi connectivity index (χ1) is 18.8. The SMILES string of the molecule is CCOc1cc(/C=N\NC(=O)CCc2cc(C(C)(C)C)c(O)c(C(C)(C)C)c2)ccc1OCc1ccccc1Cl. The van der Waals surface area contributed by atoms with Gasteiger partial charge in [0.1, 0.15) is 12.4 Å². The van der Waals surface area contributed by atoms with Gasteiger partial charge in [-0.3, -0.25) is 4.79 Å². The van der Waals surface area contributed by atoms with Gasteiger partial charge < -0.3 is 14.6 Å². The van der Waals surface area contributed by atoms with Gasteiger partial charge in [0.15, 0.2) is 11.5 Å². The number of halogens is 1. The van der Waals surface area contributed by atoms with Gasteiger partial charge in [0.05, 0.1) is 12.8 Å². The van der Waals surface area contributed by atoms with E-state index in [2.05, 4.69) is 52.1 Å². The highest BCUT2D eigenvalue weighted by Crippen LogP contribution is 2.40. The van der Waals surface area contributed by atoms with E-state index in [9.17, 15) is 9.90 Å². The quantitative estimate of drug-likeness (QED) is 0.195. The number of carbonyl (C=O) groups excluding carboxylic acids is 1. The number of phenolic OH excluding ortho intramolecular Hbond substituents is 1. The highest BCUT2D eigenvalue weighted by molar-refractivity contribution is 6.31. The van der Waals surface area contributed by atoms with Crippen molar-refractivity contribution in [1.29, 1.82) is 0 Å². The van der Waals surface area contributed by atoms with Gasteiger partial charge in [-0.15, -0.1) is 0 Å². The fraction of sp³-hybridized carbons (Fsp3) is 0.394. The molecule has 0 aliphatic carbocycles. The van der Waals surface area contributed by atoms with Crippen LogP contribution in [0.1, 0.15) is 82.7 Å². The van der Waals surface area contributed by atoms with Crippen molar-refractivity contribution in [3.63, 3.8) is 0 Å². The summed E-state index contributed by atoms with van der Waals surface area (Å²) in [5.74, 6) is 1.33. The summed E-state index contributed by atoms with van der Waals surface area (Å²) in [6, 6.07) is 17.0. The lowest BCUT2D eigenvalue weighted by atomic mass is 9.78. The van der Waals surface area contributed by atoms with Crippen molar-refractivity contribution in [3.8, 4) is 17.2 Å². The molecule has 0 saturated carbocycles. The molecule has 0 unspecified atom stereocenters. The van der Waals surface area contributed by atoms with Crippen molar-refractivity contribution < 1.29 is 19.4 Å². The third-order valence-corrected chi connectivity index (χ3v) is 6.81. The van der Waals surface area contributed by atoms with Gasteiger partial charge in [0.25, 0.3) is 0 Å². The summed E-state index contributed by atoms with van der Waals surface area (Å²) in [5, 5.41) is 15.7. The summed E-state index contributed by atoms with van der Waals surface area (Å²) >= 11 is 6.24. The molecule has 0 atom stereocenters. The molecular weight excluding hydrogens is 524 g/mol. The highest BCUT2D eigenvalue weighted by Gasteiger charge is 2.26. The van der Waals surface area contributed by atoms with E-state index in [1.54, 1.807) is 6.21 Å². The van der Waals surface area contributed by atoms with Crippen LogP contribution in [0.2, 0.25) is 5.02 Å². The number of ether oxygens (including phenoxy) is 2. The van der Waals surface area contributed by atoms with Crippen molar-refractivity contribution >= 4 is 23.7 Å². The summed E-state index contributed by atoms with van der Waals surface area (Å²) in [6.07, 6.45) is 2.39. The van der Waals surface area contributed by atoms with E-state index in [0.29, 0.717) is 41.9 Å². The molecule has 0 spiro atoms. The number of carbonyl (C=O) groups is 1. The van der Waals surface area contributed by atoms with E-state index in [1.807, 2.05) is 61.5 Å². The van der Waals surface area contributed by atoms with Crippen LogP contribution in [0.5, 0.6) is 17.2 Å². The van der Waals surface area contributed by atoms with Crippen LogP contribution < -0.4 is 14.9 Å². The van der Waals surface area contributed by atoms with Gasteiger partial charge >= 0.3 is 0 Å². The lowest BCUT2D eigenvalue weighted by Crippen LogP contribution is -2.20. The lowest BCUT2D eigenvalue weighted by Gasteiger charge is -2.28. The predicted octanol–water partition coefficient (Wildman–Crippen LogP) is 7.70. The maximum absolute atomic E-state index is 12.6. The zero-order valence-electron chi connectivity index (χ0n) is 24.6. The molecule has 0 aromatic heterocycles. The summed E-state index contributed by atoms with van der Waals surface area (Å²) in [6.45, 7) is 15.2. The Bertz CT molecular complexity index is 1320. The molecule has 0 aliphatic heterocycles. The minimum absolute atomic E-state index is 0.191. The van der Waals surface area contributed by atoms with Gasteiger partial charge in [0, 0.05) is 17.0 Å². The van der Waals surface area contributed by atoms with Crippen molar-refractivity contribution in [2.24, 2.45) is 5.10 Å². The molecule has 0 bridgehead atoms. The first-order valence-electron chi connectivity index (χ1n) is 13.6. The zero-order valence-corrected chi connectivity index (χ0v) is 25.4. The molecular formula is C33H41ClN2O4. The van der Waals surface area contributed by atoms with Crippen LogP contribution in [0.25, 0.3) is 0 Å². The first-order valence-corrected chi connectivity index (χ1v) is 14.0. The number of hydrogen-bond donors (Lipinski definition) is 2. The number of hydrazone groups is 1.